The van der Waals surface area contributed by atoms with E-state index in [9.17, 15) is 0 Å². The summed E-state index contributed by atoms with van der Waals surface area (Å²) in [6.45, 7) is 6.54. The van der Waals surface area contributed by atoms with Crippen molar-refractivity contribution in [2.45, 2.75) is 52.0 Å². The van der Waals surface area contributed by atoms with Crippen molar-refractivity contribution in [1.82, 2.24) is 15.3 Å². The van der Waals surface area contributed by atoms with Crippen LogP contribution in [-0.4, -0.2) is 29.1 Å². The molecule has 4 nitrogen and oxygen atoms in total. The summed E-state index contributed by atoms with van der Waals surface area (Å²) < 4.78 is 0. The molecule has 2 heterocycles. The van der Waals surface area contributed by atoms with Crippen LogP contribution in [-0.2, 0) is 6.42 Å². The van der Waals surface area contributed by atoms with E-state index in [-0.39, 0.29) is 0 Å². The second-order valence-electron chi connectivity index (χ2n) is 5.88. The van der Waals surface area contributed by atoms with E-state index in [1.54, 1.807) is 0 Å². The Hall–Kier alpha value is -1.16. The maximum atomic E-state index is 4.37. The van der Waals surface area contributed by atoms with Crippen molar-refractivity contribution >= 4 is 5.95 Å². The predicted octanol–water partition coefficient (Wildman–Crippen LogP) is 2.62. The van der Waals surface area contributed by atoms with Crippen molar-refractivity contribution < 1.29 is 0 Å². The van der Waals surface area contributed by atoms with Crippen LogP contribution < -0.4 is 10.6 Å². The molecule has 0 saturated carbocycles. The van der Waals surface area contributed by atoms with Crippen molar-refractivity contribution in [1.29, 1.82) is 0 Å². The van der Waals surface area contributed by atoms with Crippen LogP contribution in [0.15, 0.2) is 12.4 Å². The highest BCUT2D eigenvalue weighted by Crippen LogP contribution is 2.10. The lowest BCUT2D eigenvalue weighted by atomic mass is 10.0. The van der Waals surface area contributed by atoms with Crippen LogP contribution in [0.4, 0.5) is 5.95 Å². The van der Waals surface area contributed by atoms with Crippen LogP contribution in [0, 0.1) is 5.92 Å². The standard InChI is InChI=1S/C15H26N4/c1-12(2)9-13-10-18-15(19-11-13)17-8-6-14-5-3-4-7-16-14/h10-12,14,16H,3-9H2,1-2H3,(H,17,18,19). The quantitative estimate of drug-likeness (QED) is 0.827. The van der Waals surface area contributed by atoms with E-state index in [0.29, 0.717) is 12.0 Å². The minimum absolute atomic E-state index is 0.653. The van der Waals surface area contributed by atoms with Crippen molar-refractivity contribution in [2.24, 2.45) is 5.92 Å². The molecule has 1 aliphatic rings. The normalized spacial score (nSPS) is 19.6. The number of anilines is 1. The zero-order chi connectivity index (χ0) is 13.5. The van der Waals surface area contributed by atoms with Gasteiger partial charge >= 0.3 is 0 Å². The molecule has 0 radical (unpaired) electrons. The second kappa shape index (κ2) is 7.43. The average molecular weight is 262 g/mol. The molecule has 2 rings (SSSR count). The minimum atomic E-state index is 0.653. The molecular formula is C15H26N4. The molecule has 0 spiro atoms. The van der Waals surface area contributed by atoms with Gasteiger partial charge in [0.1, 0.15) is 0 Å². The molecule has 1 aromatic rings. The number of hydrogen-bond acceptors (Lipinski definition) is 4. The van der Waals surface area contributed by atoms with E-state index in [1.807, 2.05) is 12.4 Å². The van der Waals surface area contributed by atoms with Gasteiger partial charge in [-0.1, -0.05) is 20.3 Å². The van der Waals surface area contributed by atoms with Gasteiger partial charge in [-0.25, -0.2) is 9.97 Å². The molecule has 0 amide bonds. The Balaban J connectivity index is 1.70. The van der Waals surface area contributed by atoms with Crippen LogP contribution in [0.5, 0.6) is 0 Å². The zero-order valence-corrected chi connectivity index (χ0v) is 12.2. The molecule has 106 valence electrons. The van der Waals surface area contributed by atoms with Crippen LogP contribution >= 0.6 is 0 Å². The molecule has 4 heteroatoms. The van der Waals surface area contributed by atoms with Gasteiger partial charge in [0.15, 0.2) is 0 Å². The number of rotatable bonds is 6. The number of nitrogens with zero attached hydrogens (tertiary/aromatic N) is 2. The first-order valence-electron chi connectivity index (χ1n) is 7.52. The number of nitrogens with one attached hydrogen (secondary N) is 2. The summed E-state index contributed by atoms with van der Waals surface area (Å²) >= 11 is 0. The topological polar surface area (TPSA) is 49.8 Å². The van der Waals surface area contributed by atoms with E-state index in [2.05, 4.69) is 34.4 Å². The summed E-state index contributed by atoms with van der Waals surface area (Å²) in [7, 11) is 0. The van der Waals surface area contributed by atoms with Crippen molar-refractivity contribution in [3.63, 3.8) is 0 Å². The molecular weight excluding hydrogens is 236 g/mol. The highest BCUT2D eigenvalue weighted by Gasteiger charge is 2.11. The monoisotopic (exact) mass is 262 g/mol. The third-order valence-corrected chi connectivity index (χ3v) is 3.54. The molecule has 0 aliphatic carbocycles. The lowest BCUT2D eigenvalue weighted by Gasteiger charge is -2.23. The van der Waals surface area contributed by atoms with E-state index in [0.717, 1.165) is 25.3 Å². The van der Waals surface area contributed by atoms with Gasteiger partial charge in [-0.05, 0) is 43.7 Å². The number of hydrogen-bond donors (Lipinski definition) is 2. The summed E-state index contributed by atoms with van der Waals surface area (Å²) in [5.41, 5.74) is 1.22. The fourth-order valence-corrected chi connectivity index (χ4v) is 2.55. The minimum Gasteiger partial charge on any atom is -0.354 e. The molecule has 1 atom stereocenters. The SMILES string of the molecule is CC(C)Cc1cnc(NCCC2CCCCN2)nc1. The highest BCUT2D eigenvalue weighted by molar-refractivity contribution is 5.24. The lowest BCUT2D eigenvalue weighted by molar-refractivity contribution is 0.388. The largest absolute Gasteiger partial charge is 0.354 e. The third kappa shape index (κ3) is 5.15. The molecule has 19 heavy (non-hydrogen) atoms. The van der Waals surface area contributed by atoms with Crippen LogP contribution in [0.25, 0.3) is 0 Å². The Bertz CT molecular complexity index is 355. The van der Waals surface area contributed by atoms with Gasteiger partial charge in [-0.2, -0.15) is 0 Å². The molecule has 1 saturated heterocycles. The average Bonchev–Trinajstić information content (AvgIpc) is 2.41. The maximum Gasteiger partial charge on any atom is 0.222 e. The first kappa shape index (κ1) is 14.3. The zero-order valence-electron chi connectivity index (χ0n) is 12.2. The fourth-order valence-electron chi connectivity index (χ4n) is 2.55. The summed E-state index contributed by atoms with van der Waals surface area (Å²) in [5.74, 6) is 1.41. The van der Waals surface area contributed by atoms with Gasteiger partial charge in [0.2, 0.25) is 5.95 Å². The smallest absolute Gasteiger partial charge is 0.222 e. The Kier molecular flexibility index (Phi) is 5.58. The van der Waals surface area contributed by atoms with Crippen molar-refractivity contribution in [3.8, 4) is 0 Å². The molecule has 1 unspecified atom stereocenters. The van der Waals surface area contributed by atoms with Gasteiger partial charge in [0.25, 0.3) is 0 Å². The Labute approximate surface area is 116 Å². The van der Waals surface area contributed by atoms with Crippen LogP contribution in [0.1, 0.15) is 45.1 Å². The first-order valence-corrected chi connectivity index (χ1v) is 7.52. The molecule has 1 aromatic heterocycles. The number of aromatic nitrogens is 2. The highest BCUT2D eigenvalue weighted by atomic mass is 15.1. The van der Waals surface area contributed by atoms with E-state index in [1.165, 1.54) is 31.4 Å². The summed E-state index contributed by atoms with van der Waals surface area (Å²) in [5, 5.41) is 6.87. The van der Waals surface area contributed by atoms with Crippen molar-refractivity contribution in [3.05, 3.63) is 18.0 Å². The van der Waals surface area contributed by atoms with E-state index in [4.69, 9.17) is 0 Å². The van der Waals surface area contributed by atoms with Gasteiger partial charge < -0.3 is 10.6 Å². The maximum absolute atomic E-state index is 4.37. The summed E-state index contributed by atoms with van der Waals surface area (Å²) in [6.07, 6.45) is 10.1. The second-order valence-corrected chi connectivity index (χ2v) is 5.88. The first-order chi connectivity index (χ1) is 9.24. The molecule has 2 N–H and O–H groups in total. The molecule has 1 aliphatic heterocycles. The van der Waals surface area contributed by atoms with E-state index >= 15 is 0 Å². The predicted molar refractivity (Wildman–Crippen MR) is 79.3 cm³/mol. The Morgan fingerprint density at radius 2 is 2.11 bits per heavy atom. The summed E-state index contributed by atoms with van der Waals surface area (Å²) in [4.78, 5) is 8.74. The number of piperidine rings is 1. The Morgan fingerprint density at radius 3 is 2.74 bits per heavy atom. The van der Waals surface area contributed by atoms with Crippen LogP contribution in [0.3, 0.4) is 0 Å². The van der Waals surface area contributed by atoms with Gasteiger partial charge in [0.05, 0.1) is 0 Å². The van der Waals surface area contributed by atoms with Gasteiger partial charge in [-0.15, -0.1) is 0 Å². The van der Waals surface area contributed by atoms with E-state index < -0.39 is 0 Å². The molecule has 1 fully saturated rings. The molecule has 0 bridgehead atoms. The lowest BCUT2D eigenvalue weighted by Crippen LogP contribution is -2.35. The molecule has 0 aromatic carbocycles. The van der Waals surface area contributed by atoms with Crippen LogP contribution in [0.2, 0.25) is 0 Å². The summed E-state index contributed by atoms with van der Waals surface area (Å²) in [6, 6.07) is 0.668. The Morgan fingerprint density at radius 1 is 1.32 bits per heavy atom. The fraction of sp³-hybridized carbons (Fsp3) is 0.733. The van der Waals surface area contributed by atoms with Gasteiger partial charge in [-0.3, -0.25) is 0 Å². The van der Waals surface area contributed by atoms with Crippen molar-refractivity contribution in [2.75, 3.05) is 18.4 Å². The van der Waals surface area contributed by atoms with Gasteiger partial charge in [0, 0.05) is 25.0 Å². The third-order valence-electron chi connectivity index (χ3n) is 3.54.